The number of nitrogens with zero attached hydrogens (tertiary/aromatic N) is 3. The Morgan fingerprint density at radius 3 is 3.21 bits per heavy atom. The van der Waals surface area contributed by atoms with Crippen molar-refractivity contribution in [2.75, 3.05) is 31.1 Å². The molecule has 0 radical (unpaired) electrons. The lowest BCUT2D eigenvalue weighted by molar-refractivity contribution is -0.136. The molecule has 1 atom stereocenters. The maximum absolute atomic E-state index is 10.5. The van der Waals surface area contributed by atoms with E-state index in [2.05, 4.69) is 36.1 Å². The van der Waals surface area contributed by atoms with Crippen molar-refractivity contribution in [2.24, 2.45) is 5.92 Å². The molecule has 7 heteroatoms. The summed E-state index contributed by atoms with van der Waals surface area (Å²) < 4.78 is 0.897. The number of halogens is 1. The summed E-state index contributed by atoms with van der Waals surface area (Å²) in [4.78, 5) is 21.0. The Morgan fingerprint density at radius 1 is 1.63 bits per heavy atom. The van der Waals surface area contributed by atoms with Crippen LogP contribution in [-0.4, -0.2) is 47.2 Å². The van der Waals surface area contributed by atoms with Gasteiger partial charge in [0.1, 0.15) is 12.1 Å². The van der Waals surface area contributed by atoms with Gasteiger partial charge in [0.25, 0.3) is 0 Å². The molecule has 0 aromatic carbocycles. The minimum atomic E-state index is -0.814. The van der Waals surface area contributed by atoms with Gasteiger partial charge in [0.15, 0.2) is 0 Å². The molecule has 1 aliphatic rings. The number of anilines is 1. The van der Waals surface area contributed by atoms with Gasteiger partial charge in [-0.2, -0.15) is 0 Å². The van der Waals surface area contributed by atoms with E-state index in [1.165, 1.54) is 0 Å². The lowest BCUT2D eigenvalue weighted by Crippen LogP contribution is -2.41. The van der Waals surface area contributed by atoms with Gasteiger partial charge < -0.3 is 15.3 Å². The topological polar surface area (TPSA) is 78.4 Å². The van der Waals surface area contributed by atoms with E-state index in [4.69, 9.17) is 5.11 Å². The Bertz CT molecular complexity index is 443. The van der Waals surface area contributed by atoms with Gasteiger partial charge in [-0.3, -0.25) is 4.79 Å². The van der Waals surface area contributed by atoms with E-state index in [1.54, 1.807) is 12.5 Å². The van der Waals surface area contributed by atoms with Gasteiger partial charge in [-0.15, -0.1) is 0 Å². The number of carbonyl (C=O) groups is 1. The van der Waals surface area contributed by atoms with Crippen LogP contribution in [-0.2, 0) is 4.79 Å². The van der Waals surface area contributed by atoms with E-state index >= 15 is 0 Å². The molecular weight excluding hydrogens is 312 g/mol. The smallest absolute Gasteiger partial charge is 0.317 e. The first-order chi connectivity index (χ1) is 9.16. The zero-order valence-electron chi connectivity index (χ0n) is 10.5. The molecule has 0 spiro atoms. The lowest BCUT2D eigenvalue weighted by Gasteiger charge is -2.34. The molecule has 19 heavy (non-hydrogen) atoms. The Kier molecular flexibility index (Phi) is 5.09. The SMILES string of the molecule is O=C(O)CNCC1CCCN(c2ncncc2Br)C1. The number of piperidine rings is 1. The third-order valence-corrected chi connectivity index (χ3v) is 3.74. The van der Waals surface area contributed by atoms with Crippen molar-refractivity contribution in [2.45, 2.75) is 12.8 Å². The molecule has 1 aliphatic heterocycles. The number of rotatable bonds is 5. The van der Waals surface area contributed by atoms with E-state index in [-0.39, 0.29) is 6.54 Å². The van der Waals surface area contributed by atoms with Crippen molar-refractivity contribution in [3.8, 4) is 0 Å². The first-order valence-electron chi connectivity index (χ1n) is 6.30. The van der Waals surface area contributed by atoms with Crippen LogP contribution in [0.25, 0.3) is 0 Å². The molecular formula is C12H17BrN4O2. The van der Waals surface area contributed by atoms with E-state index in [0.717, 1.165) is 42.8 Å². The van der Waals surface area contributed by atoms with Crippen LogP contribution in [0, 0.1) is 5.92 Å². The van der Waals surface area contributed by atoms with E-state index in [1.807, 2.05) is 0 Å². The van der Waals surface area contributed by atoms with Crippen molar-refractivity contribution < 1.29 is 9.90 Å². The standard InChI is InChI=1S/C12H17BrN4O2/c13-10-5-15-8-16-12(10)17-3-1-2-9(7-17)4-14-6-11(18)19/h5,8-9,14H,1-4,6-7H2,(H,18,19). The Balaban J connectivity index is 1.90. The predicted molar refractivity (Wildman–Crippen MR) is 75.2 cm³/mol. The summed E-state index contributed by atoms with van der Waals surface area (Å²) >= 11 is 3.46. The highest BCUT2D eigenvalue weighted by Crippen LogP contribution is 2.26. The van der Waals surface area contributed by atoms with Crippen LogP contribution in [0.1, 0.15) is 12.8 Å². The van der Waals surface area contributed by atoms with Gasteiger partial charge in [-0.25, -0.2) is 9.97 Å². The molecule has 1 aromatic rings. The third kappa shape index (κ3) is 4.14. The number of carboxylic acids is 1. The number of hydrogen-bond acceptors (Lipinski definition) is 5. The maximum Gasteiger partial charge on any atom is 0.317 e. The highest BCUT2D eigenvalue weighted by molar-refractivity contribution is 9.10. The van der Waals surface area contributed by atoms with Crippen LogP contribution in [0.3, 0.4) is 0 Å². The average molecular weight is 329 g/mol. The summed E-state index contributed by atoms with van der Waals surface area (Å²) in [6.07, 6.45) is 5.50. The predicted octanol–water partition coefficient (Wildman–Crippen LogP) is 1.13. The van der Waals surface area contributed by atoms with Crippen molar-refractivity contribution in [1.82, 2.24) is 15.3 Å². The number of nitrogens with one attached hydrogen (secondary N) is 1. The minimum Gasteiger partial charge on any atom is -0.480 e. The van der Waals surface area contributed by atoms with Crippen LogP contribution in [0.5, 0.6) is 0 Å². The first-order valence-corrected chi connectivity index (χ1v) is 7.09. The van der Waals surface area contributed by atoms with E-state index in [0.29, 0.717) is 5.92 Å². The molecule has 0 amide bonds. The Hall–Kier alpha value is -1.21. The zero-order valence-corrected chi connectivity index (χ0v) is 12.1. The largest absolute Gasteiger partial charge is 0.480 e. The van der Waals surface area contributed by atoms with Gasteiger partial charge in [-0.1, -0.05) is 0 Å². The van der Waals surface area contributed by atoms with Crippen molar-refractivity contribution in [1.29, 1.82) is 0 Å². The molecule has 0 saturated carbocycles. The van der Waals surface area contributed by atoms with Crippen LogP contribution < -0.4 is 10.2 Å². The molecule has 6 nitrogen and oxygen atoms in total. The summed E-state index contributed by atoms with van der Waals surface area (Å²) in [5.74, 6) is 0.555. The molecule has 104 valence electrons. The fraction of sp³-hybridized carbons (Fsp3) is 0.583. The molecule has 0 bridgehead atoms. The quantitative estimate of drug-likeness (QED) is 0.843. The monoisotopic (exact) mass is 328 g/mol. The van der Waals surface area contributed by atoms with Crippen molar-refractivity contribution in [3.05, 3.63) is 17.0 Å². The third-order valence-electron chi connectivity index (χ3n) is 3.18. The second kappa shape index (κ2) is 6.81. The summed E-state index contributed by atoms with van der Waals surface area (Å²) in [6, 6.07) is 0. The molecule has 1 saturated heterocycles. The fourth-order valence-electron chi connectivity index (χ4n) is 2.35. The van der Waals surface area contributed by atoms with E-state index in [9.17, 15) is 4.79 Å². The fourth-order valence-corrected chi connectivity index (χ4v) is 2.82. The number of carboxylic acid groups (broad SMARTS) is 1. The molecule has 2 N–H and O–H groups in total. The number of hydrogen-bond donors (Lipinski definition) is 2. The molecule has 2 heterocycles. The van der Waals surface area contributed by atoms with Gasteiger partial charge in [-0.05, 0) is 34.7 Å². The second-order valence-electron chi connectivity index (χ2n) is 4.67. The highest BCUT2D eigenvalue weighted by Gasteiger charge is 2.22. The summed E-state index contributed by atoms with van der Waals surface area (Å²) in [5.41, 5.74) is 0. The summed E-state index contributed by atoms with van der Waals surface area (Å²) in [6.45, 7) is 2.62. The Labute approximate surface area is 120 Å². The summed E-state index contributed by atoms with van der Waals surface area (Å²) in [5, 5.41) is 11.6. The molecule has 1 aromatic heterocycles. The van der Waals surface area contributed by atoms with Crippen LogP contribution in [0.4, 0.5) is 5.82 Å². The van der Waals surface area contributed by atoms with Gasteiger partial charge in [0, 0.05) is 25.8 Å². The number of aliphatic carboxylic acids is 1. The molecule has 1 unspecified atom stereocenters. The van der Waals surface area contributed by atoms with Gasteiger partial charge in [0.2, 0.25) is 0 Å². The van der Waals surface area contributed by atoms with E-state index < -0.39 is 5.97 Å². The van der Waals surface area contributed by atoms with Crippen LogP contribution in [0.15, 0.2) is 17.0 Å². The minimum absolute atomic E-state index is 0.0215. The van der Waals surface area contributed by atoms with Gasteiger partial charge >= 0.3 is 5.97 Å². The summed E-state index contributed by atoms with van der Waals surface area (Å²) in [7, 11) is 0. The Morgan fingerprint density at radius 2 is 2.47 bits per heavy atom. The van der Waals surface area contributed by atoms with Crippen LogP contribution in [0.2, 0.25) is 0 Å². The van der Waals surface area contributed by atoms with Gasteiger partial charge in [0.05, 0.1) is 11.0 Å². The van der Waals surface area contributed by atoms with Crippen LogP contribution >= 0.6 is 15.9 Å². The first kappa shape index (κ1) is 14.2. The highest BCUT2D eigenvalue weighted by atomic mass is 79.9. The molecule has 1 fully saturated rings. The number of aromatic nitrogens is 2. The lowest BCUT2D eigenvalue weighted by atomic mass is 9.98. The second-order valence-corrected chi connectivity index (χ2v) is 5.53. The van der Waals surface area contributed by atoms with Crippen molar-refractivity contribution >= 4 is 27.7 Å². The zero-order chi connectivity index (χ0) is 13.7. The normalized spacial score (nSPS) is 19.4. The average Bonchev–Trinajstić information content (AvgIpc) is 2.39. The maximum atomic E-state index is 10.5. The molecule has 0 aliphatic carbocycles. The van der Waals surface area contributed by atoms with Crippen molar-refractivity contribution in [3.63, 3.8) is 0 Å². The molecule has 2 rings (SSSR count).